The molecule has 0 aromatic heterocycles. The Kier molecular flexibility index (Phi) is 6.52. The first-order valence-electron chi connectivity index (χ1n) is 8.21. The second kappa shape index (κ2) is 8.21. The predicted molar refractivity (Wildman–Crippen MR) is 106 cm³/mol. The van der Waals surface area contributed by atoms with Crippen molar-refractivity contribution in [3.63, 3.8) is 0 Å². The third-order valence-electron chi connectivity index (χ3n) is 4.03. The van der Waals surface area contributed by atoms with Gasteiger partial charge in [0.05, 0.1) is 18.6 Å². The van der Waals surface area contributed by atoms with E-state index in [1.54, 1.807) is 7.11 Å². The van der Waals surface area contributed by atoms with E-state index in [2.05, 4.69) is 31.0 Å². The Morgan fingerprint density at radius 3 is 2.58 bits per heavy atom. The highest BCUT2D eigenvalue weighted by Crippen LogP contribution is 2.31. The molecular weight excluding hydrogens is 340 g/mol. The molecule has 6 heteroatoms. The fraction of sp³-hybridized carbons (Fsp3) is 0.556. The maximum atomic E-state index is 12.3. The predicted octanol–water partition coefficient (Wildman–Crippen LogP) is 4.05. The van der Waals surface area contributed by atoms with E-state index in [9.17, 15) is 4.79 Å². The van der Waals surface area contributed by atoms with Gasteiger partial charge < -0.3 is 15.0 Å². The fourth-order valence-electron chi connectivity index (χ4n) is 2.58. The Bertz CT molecular complexity index is 606. The van der Waals surface area contributed by atoms with Crippen LogP contribution in [-0.4, -0.2) is 41.1 Å². The molecule has 1 fully saturated rings. The van der Waals surface area contributed by atoms with E-state index >= 15 is 0 Å². The van der Waals surface area contributed by atoms with E-state index in [1.807, 2.05) is 18.2 Å². The molecule has 1 aromatic rings. The molecule has 2 rings (SSSR count). The van der Waals surface area contributed by atoms with Gasteiger partial charge >= 0.3 is 0 Å². The zero-order chi connectivity index (χ0) is 17.7. The minimum Gasteiger partial charge on any atom is -0.495 e. The van der Waals surface area contributed by atoms with Crippen LogP contribution in [0.15, 0.2) is 18.2 Å². The summed E-state index contributed by atoms with van der Waals surface area (Å²) in [5, 5.41) is 2.96. The third-order valence-corrected chi connectivity index (χ3v) is 5.55. The van der Waals surface area contributed by atoms with Gasteiger partial charge in [-0.15, -0.1) is 0 Å². The van der Waals surface area contributed by atoms with Gasteiger partial charge in [0.25, 0.3) is 0 Å². The zero-order valence-corrected chi connectivity index (χ0v) is 16.5. The third kappa shape index (κ3) is 5.11. The van der Waals surface area contributed by atoms with E-state index in [0.29, 0.717) is 17.2 Å². The van der Waals surface area contributed by atoms with Crippen LogP contribution in [0.1, 0.15) is 39.2 Å². The molecule has 1 saturated heterocycles. The lowest BCUT2D eigenvalue weighted by atomic mass is 9.87. The van der Waals surface area contributed by atoms with Crippen LogP contribution in [0.25, 0.3) is 0 Å². The number of thioether (sulfide) groups is 1. The molecule has 1 aromatic carbocycles. The van der Waals surface area contributed by atoms with Crippen molar-refractivity contribution in [2.75, 3.05) is 31.3 Å². The molecule has 1 heterocycles. The molecular formula is C18H26N2O2S2. The highest BCUT2D eigenvalue weighted by atomic mass is 32.2. The summed E-state index contributed by atoms with van der Waals surface area (Å²) in [4.78, 5) is 14.5. The zero-order valence-electron chi connectivity index (χ0n) is 14.8. The molecule has 1 aliphatic rings. The van der Waals surface area contributed by atoms with Crippen molar-refractivity contribution < 1.29 is 9.53 Å². The maximum Gasteiger partial charge on any atom is 0.234 e. The molecule has 0 atom stereocenters. The number of amides is 1. The Morgan fingerprint density at radius 2 is 2.00 bits per heavy atom. The van der Waals surface area contributed by atoms with Crippen LogP contribution >= 0.6 is 24.0 Å². The smallest absolute Gasteiger partial charge is 0.234 e. The average molecular weight is 367 g/mol. The molecule has 0 saturated carbocycles. The quantitative estimate of drug-likeness (QED) is 0.815. The van der Waals surface area contributed by atoms with E-state index in [4.69, 9.17) is 17.0 Å². The molecule has 1 amide bonds. The number of ether oxygens (including phenoxy) is 1. The Labute approximate surface area is 154 Å². The number of methoxy groups -OCH3 is 1. The summed E-state index contributed by atoms with van der Waals surface area (Å²) in [7, 11) is 1.61. The summed E-state index contributed by atoms with van der Waals surface area (Å²) in [5.41, 5.74) is 1.87. The number of carbonyl (C=O) groups is 1. The number of likely N-dealkylation sites (tertiary alicyclic amines) is 1. The number of nitrogens with zero attached hydrogens (tertiary/aromatic N) is 1. The SMILES string of the molecule is COc1ccc(C(C)(C)C)cc1NC(=O)CSC(=S)N1CCCC1. The van der Waals surface area contributed by atoms with E-state index in [1.165, 1.54) is 24.6 Å². The number of rotatable bonds is 4. The fourth-order valence-corrected chi connectivity index (χ4v) is 3.63. The minimum atomic E-state index is -0.0640. The number of hydrogen-bond acceptors (Lipinski definition) is 4. The van der Waals surface area contributed by atoms with Crippen LogP contribution < -0.4 is 10.1 Å². The van der Waals surface area contributed by atoms with Crippen LogP contribution in [-0.2, 0) is 10.2 Å². The number of hydrogen-bond donors (Lipinski definition) is 1. The Morgan fingerprint density at radius 1 is 1.33 bits per heavy atom. The van der Waals surface area contributed by atoms with Crippen LogP contribution in [0.5, 0.6) is 5.75 Å². The first kappa shape index (κ1) is 19.1. The van der Waals surface area contributed by atoms with Gasteiger partial charge in [-0.05, 0) is 36.0 Å². The van der Waals surface area contributed by atoms with E-state index in [0.717, 1.165) is 23.0 Å². The first-order chi connectivity index (χ1) is 11.3. The second-order valence-corrected chi connectivity index (χ2v) is 8.57. The standard InChI is InChI=1S/C18H26N2O2S2/c1-18(2,3)13-7-8-15(22-4)14(11-13)19-16(21)12-24-17(23)20-9-5-6-10-20/h7-8,11H,5-6,9-10,12H2,1-4H3,(H,19,21). The summed E-state index contributed by atoms with van der Waals surface area (Å²) in [5.74, 6) is 0.924. The van der Waals surface area contributed by atoms with Gasteiger partial charge in [-0.3, -0.25) is 4.79 Å². The van der Waals surface area contributed by atoms with Crippen molar-refractivity contribution in [2.45, 2.75) is 39.0 Å². The molecule has 0 bridgehead atoms. The van der Waals surface area contributed by atoms with Crippen LogP contribution in [0.3, 0.4) is 0 Å². The van der Waals surface area contributed by atoms with Gasteiger partial charge in [-0.1, -0.05) is 50.8 Å². The number of benzene rings is 1. The number of anilines is 1. The molecule has 0 spiro atoms. The molecule has 1 aliphatic heterocycles. The summed E-state index contributed by atoms with van der Waals surface area (Å²) in [6.07, 6.45) is 2.37. The molecule has 1 N–H and O–H groups in total. The lowest BCUT2D eigenvalue weighted by molar-refractivity contribution is -0.113. The van der Waals surface area contributed by atoms with Gasteiger partial charge in [0, 0.05) is 13.1 Å². The van der Waals surface area contributed by atoms with Gasteiger partial charge in [-0.2, -0.15) is 0 Å². The molecule has 0 unspecified atom stereocenters. The van der Waals surface area contributed by atoms with Crippen molar-refractivity contribution in [1.82, 2.24) is 4.90 Å². The first-order valence-corrected chi connectivity index (χ1v) is 9.60. The van der Waals surface area contributed by atoms with Crippen molar-refractivity contribution in [1.29, 1.82) is 0 Å². The van der Waals surface area contributed by atoms with Crippen LogP contribution in [0.2, 0.25) is 0 Å². The number of thiocarbonyl (C=S) groups is 1. The molecule has 132 valence electrons. The Hall–Kier alpha value is -1.27. The largest absolute Gasteiger partial charge is 0.495 e. The second-order valence-electron chi connectivity index (χ2n) is 6.96. The minimum absolute atomic E-state index is 0.0117. The lowest BCUT2D eigenvalue weighted by Gasteiger charge is -2.21. The van der Waals surface area contributed by atoms with Gasteiger partial charge in [0.15, 0.2) is 0 Å². The molecule has 4 nitrogen and oxygen atoms in total. The van der Waals surface area contributed by atoms with E-state index in [-0.39, 0.29) is 11.3 Å². The molecule has 0 aliphatic carbocycles. The van der Waals surface area contributed by atoms with Crippen molar-refractivity contribution in [2.24, 2.45) is 0 Å². The maximum absolute atomic E-state index is 12.3. The lowest BCUT2D eigenvalue weighted by Crippen LogP contribution is -2.25. The van der Waals surface area contributed by atoms with Crippen molar-refractivity contribution in [3.05, 3.63) is 23.8 Å². The highest BCUT2D eigenvalue weighted by Gasteiger charge is 2.19. The summed E-state index contributed by atoms with van der Waals surface area (Å²) in [6, 6.07) is 5.92. The number of carbonyl (C=O) groups excluding carboxylic acids is 1. The molecule has 0 radical (unpaired) electrons. The van der Waals surface area contributed by atoms with Crippen molar-refractivity contribution >= 4 is 39.9 Å². The van der Waals surface area contributed by atoms with E-state index < -0.39 is 0 Å². The summed E-state index contributed by atoms with van der Waals surface area (Å²) < 4.78 is 6.18. The van der Waals surface area contributed by atoms with Crippen LogP contribution in [0.4, 0.5) is 5.69 Å². The number of nitrogens with one attached hydrogen (secondary N) is 1. The van der Waals surface area contributed by atoms with Gasteiger partial charge in [0.2, 0.25) is 5.91 Å². The van der Waals surface area contributed by atoms with Crippen LogP contribution in [0, 0.1) is 0 Å². The Balaban J connectivity index is 1.98. The topological polar surface area (TPSA) is 41.6 Å². The highest BCUT2D eigenvalue weighted by molar-refractivity contribution is 8.23. The van der Waals surface area contributed by atoms with Gasteiger partial charge in [0.1, 0.15) is 10.1 Å². The monoisotopic (exact) mass is 366 g/mol. The summed E-state index contributed by atoms with van der Waals surface area (Å²) in [6.45, 7) is 8.45. The van der Waals surface area contributed by atoms with Gasteiger partial charge in [-0.25, -0.2) is 0 Å². The molecule has 24 heavy (non-hydrogen) atoms. The average Bonchev–Trinajstić information content (AvgIpc) is 3.06. The summed E-state index contributed by atoms with van der Waals surface area (Å²) >= 11 is 6.83. The van der Waals surface area contributed by atoms with Crippen molar-refractivity contribution in [3.8, 4) is 5.75 Å². The normalized spacial score (nSPS) is 14.6.